The molecule has 0 bridgehead atoms. The molecule has 0 aliphatic carbocycles. The van der Waals surface area contributed by atoms with Crippen LogP contribution in [-0.4, -0.2) is 0 Å². The van der Waals surface area contributed by atoms with Gasteiger partial charge in [-0.25, -0.2) is 0 Å². The Morgan fingerprint density at radius 3 is 2.37 bits per heavy atom. The molecule has 0 saturated carbocycles. The lowest BCUT2D eigenvalue weighted by Gasteiger charge is -2.11. The molecule has 0 amide bonds. The van der Waals surface area contributed by atoms with Crippen LogP contribution in [0, 0.1) is 0 Å². The largest absolute Gasteiger partial charge is 0.397 e. The van der Waals surface area contributed by atoms with Crippen LogP contribution >= 0.6 is 11.6 Å². The van der Waals surface area contributed by atoms with Crippen molar-refractivity contribution in [2.75, 3.05) is 11.1 Å². The van der Waals surface area contributed by atoms with E-state index in [1.807, 2.05) is 12.1 Å². The number of nitrogens with one attached hydrogen (secondary N) is 1. The van der Waals surface area contributed by atoms with Gasteiger partial charge < -0.3 is 11.1 Å². The zero-order valence-corrected chi connectivity index (χ0v) is 12.0. The maximum Gasteiger partial charge on any atom is 0.0577 e. The summed E-state index contributed by atoms with van der Waals surface area (Å²) in [7, 11) is 0. The van der Waals surface area contributed by atoms with Gasteiger partial charge >= 0.3 is 0 Å². The van der Waals surface area contributed by atoms with Gasteiger partial charge in [-0.05, 0) is 35.2 Å². The number of halogens is 1. The van der Waals surface area contributed by atoms with Crippen LogP contribution in [0.2, 0.25) is 5.02 Å². The molecule has 0 saturated heterocycles. The van der Waals surface area contributed by atoms with E-state index in [1.165, 1.54) is 11.1 Å². The molecule has 0 aromatic heterocycles. The zero-order valence-electron chi connectivity index (χ0n) is 11.3. The van der Waals surface area contributed by atoms with Crippen LogP contribution < -0.4 is 11.1 Å². The smallest absolute Gasteiger partial charge is 0.0577 e. The molecular weight excluding hydrogens is 256 g/mol. The summed E-state index contributed by atoms with van der Waals surface area (Å²) >= 11 is 5.87. The fraction of sp³-hybridized carbons (Fsp3) is 0.250. The third kappa shape index (κ3) is 3.65. The molecule has 3 N–H and O–H groups in total. The van der Waals surface area contributed by atoms with Gasteiger partial charge in [0.2, 0.25) is 0 Å². The number of nitrogens with two attached hydrogens (primary N) is 1. The number of rotatable bonds is 4. The van der Waals surface area contributed by atoms with Crippen LogP contribution in [0.3, 0.4) is 0 Å². The summed E-state index contributed by atoms with van der Waals surface area (Å²) in [6.45, 7) is 5.15. The third-order valence-electron chi connectivity index (χ3n) is 3.14. The van der Waals surface area contributed by atoms with Gasteiger partial charge in [-0.3, -0.25) is 0 Å². The van der Waals surface area contributed by atoms with Crippen LogP contribution in [0.4, 0.5) is 11.4 Å². The molecule has 0 unspecified atom stereocenters. The first-order valence-corrected chi connectivity index (χ1v) is 6.82. The lowest BCUT2D eigenvalue weighted by Crippen LogP contribution is -2.02. The number of anilines is 2. The second kappa shape index (κ2) is 5.98. The summed E-state index contributed by atoms with van der Waals surface area (Å²) < 4.78 is 0. The molecule has 3 heteroatoms. The first-order valence-electron chi connectivity index (χ1n) is 6.44. The average Bonchev–Trinajstić information content (AvgIpc) is 2.38. The molecule has 2 aromatic carbocycles. The van der Waals surface area contributed by atoms with Gasteiger partial charge in [-0.1, -0.05) is 49.7 Å². The fourth-order valence-corrected chi connectivity index (χ4v) is 2.09. The predicted molar refractivity (Wildman–Crippen MR) is 83.7 cm³/mol. The van der Waals surface area contributed by atoms with Crippen LogP contribution in [-0.2, 0) is 6.54 Å². The van der Waals surface area contributed by atoms with Gasteiger partial charge in [0, 0.05) is 11.6 Å². The summed E-state index contributed by atoms with van der Waals surface area (Å²) in [6, 6.07) is 14.1. The Hall–Kier alpha value is -1.67. The van der Waals surface area contributed by atoms with E-state index >= 15 is 0 Å². The van der Waals surface area contributed by atoms with Crippen LogP contribution in [0.25, 0.3) is 0 Å². The molecule has 0 aliphatic heterocycles. The van der Waals surface area contributed by atoms with Crippen LogP contribution in [0.5, 0.6) is 0 Å². The number of benzene rings is 2. The Bertz CT molecular complexity index is 547. The van der Waals surface area contributed by atoms with E-state index in [9.17, 15) is 0 Å². The van der Waals surface area contributed by atoms with Crippen molar-refractivity contribution in [2.45, 2.75) is 26.3 Å². The van der Waals surface area contributed by atoms with Crippen molar-refractivity contribution >= 4 is 23.0 Å². The molecule has 100 valence electrons. The summed E-state index contributed by atoms with van der Waals surface area (Å²) in [6.07, 6.45) is 0. The lowest BCUT2D eigenvalue weighted by molar-refractivity contribution is 0.865. The highest BCUT2D eigenvalue weighted by Crippen LogP contribution is 2.23. The summed E-state index contributed by atoms with van der Waals surface area (Å²) in [4.78, 5) is 0. The Morgan fingerprint density at radius 1 is 1.11 bits per heavy atom. The van der Waals surface area contributed by atoms with Crippen molar-refractivity contribution in [1.29, 1.82) is 0 Å². The molecule has 2 rings (SSSR count). The zero-order chi connectivity index (χ0) is 13.8. The van der Waals surface area contributed by atoms with Gasteiger partial charge in [-0.2, -0.15) is 0 Å². The van der Waals surface area contributed by atoms with Crippen molar-refractivity contribution in [3.05, 3.63) is 58.6 Å². The van der Waals surface area contributed by atoms with Crippen LogP contribution in [0.1, 0.15) is 30.9 Å². The maximum absolute atomic E-state index is 5.90. The van der Waals surface area contributed by atoms with Crippen molar-refractivity contribution < 1.29 is 0 Å². The molecule has 0 radical (unpaired) electrons. The second-order valence-corrected chi connectivity index (χ2v) is 5.42. The van der Waals surface area contributed by atoms with E-state index in [2.05, 4.69) is 43.4 Å². The molecule has 0 aliphatic rings. The Labute approximate surface area is 119 Å². The number of hydrogen-bond acceptors (Lipinski definition) is 2. The molecular formula is C16H19ClN2. The molecule has 0 spiro atoms. The molecule has 0 fully saturated rings. The van der Waals surface area contributed by atoms with E-state index in [4.69, 9.17) is 17.3 Å². The van der Waals surface area contributed by atoms with Gasteiger partial charge in [-0.15, -0.1) is 0 Å². The minimum Gasteiger partial charge on any atom is -0.397 e. The van der Waals surface area contributed by atoms with Gasteiger partial charge in [0.1, 0.15) is 0 Å². The summed E-state index contributed by atoms with van der Waals surface area (Å²) in [5.74, 6) is 0.564. The fourth-order valence-electron chi connectivity index (χ4n) is 1.91. The monoisotopic (exact) mass is 274 g/mol. The SMILES string of the molecule is CC(C)c1ccc(CNc2ccc(Cl)cc2N)cc1. The van der Waals surface area contributed by atoms with Gasteiger partial charge in [0.25, 0.3) is 0 Å². The second-order valence-electron chi connectivity index (χ2n) is 4.98. The van der Waals surface area contributed by atoms with Crippen molar-refractivity contribution in [3.63, 3.8) is 0 Å². The van der Waals surface area contributed by atoms with Crippen molar-refractivity contribution in [3.8, 4) is 0 Å². The molecule has 2 aromatic rings. The molecule has 0 heterocycles. The summed E-state index contributed by atoms with van der Waals surface area (Å²) in [5.41, 5.74) is 10.1. The van der Waals surface area contributed by atoms with Crippen molar-refractivity contribution in [2.24, 2.45) is 0 Å². The Kier molecular flexibility index (Phi) is 4.33. The number of hydrogen-bond donors (Lipinski definition) is 2. The van der Waals surface area contributed by atoms with E-state index in [-0.39, 0.29) is 0 Å². The van der Waals surface area contributed by atoms with Crippen LogP contribution in [0.15, 0.2) is 42.5 Å². The van der Waals surface area contributed by atoms with E-state index in [0.29, 0.717) is 16.6 Å². The Morgan fingerprint density at radius 2 is 1.79 bits per heavy atom. The molecule has 2 nitrogen and oxygen atoms in total. The van der Waals surface area contributed by atoms with Gasteiger partial charge in [0.05, 0.1) is 11.4 Å². The van der Waals surface area contributed by atoms with E-state index < -0.39 is 0 Å². The molecule has 0 atom stereocenters. The van der Waals surface area contributed by atoms with E-state index in [0.717, 1.165) is 12.2 Å². The number of nitrogen functional groups attached to an aromatic ring is 1. The standard InChI is InChI=1S/C16H19ClN2/c1-11(2)13-5-3-12(4-6-13)10-19-16-8-7-14(17)9-15(16)18/h3-9,11,19H,10,18H2,1-2H3. The maximum atomic E-state index is 5.90. The van der Waals surface area contributed by atoms with Crippen molar-refractivity contribution in [1.82, 2.24) is 0 Å². The Balaban J connectivity index is 2.02. The first kappa shape index (κ1) is 13.8. The van der Waals surface area contributed by atoms with Gasteiger partial charge in [0.15, 0.2) is 0 Å². The minimum atomic E-state index is 0.564. The highest BCUT2D eigenvalue weighted by molar-refractivity contribution is 6.31. The van der Waals surface area contributed by atoms with E-state index in [1.54, 1.807) is 6.07 Å². The third-order valence-corrected chi connectivity index (χ3v) is 3.38. The quantitative estimate of drug-likeness (QED) is 0.796. The molecule has 19 heavy (non-hydrogen) atoms. The highest BCUT2D eigenvalue weighted by atomic mass is 35.5. The summed E-state index contributed by atoms with van der Waals surface area (Å²) in [5, 5.41) is 3.98. The first-order chi connectivity index (χ1) is 9.06. The normalized spacial score (nSPS) is 10.7. The lowest BCUT2D eigenvalue weighted by atomic mass is 10.0. The average molecular weight is 275 g/mol. The topological polar surface area (TPSA) is 38.0 Å². The minimum absolute atomic E-state index is 0.564. The predicted octanol–water partition coefficient (Wildman–Crippen LogP) is 4.66. The highest BCUT2D eigenvalue weighted by Gasteiger charge is 2.01.